The molecule has 0 radical (unpaired) electrons. The fraction of sp³-hybridized carbons (Fsp3) is 0.238. The van der Waals surface area contributed by atoms with Crippen LogP contribution in [0.1, 0.15) is 30.9 Å². The Hall–Kier alpha value is -2.48. The average molecular weight is 309 g/mol. The number of aromatic hydroxyl groups is 1. The summed E-state index contributed by atoms with van der Waals surface area (Å²) in [6.45, 7) is 12.8. The van der Waals surface area contributed by atoms with Gasteiger partial charge in [-0.05, 0) is 67.8 Å². The van der Waals surface area contributed by atoms with Crippen molar-refractivity contribution in [1.29, 1.82) is 0 Å². The molecule has 0 amide bonds. The highest BCUT2D eigenvalue weighted by atomic mass is 16.3. The van der Waals surface area contributed by atoms with Crippen LogP contribution in [0.25, 0.3) is 6.08 Å². The average Bonchev–Trinajstić information content (AvgIpc) is 2.50. The van der Waals surface area contributed by atoms with Gasteiger partial charge >= 0.3 is 0 Å². The highest BCUT2D eigenvalue weighted by Gasteiger charge is 1.94. The Kier molecular flexibility index (Phi) is 8.30. The summed E-state index contributed by atoms with van der Waals surface area (Å²) in [6, 6.07) is 5.53. The first-order valence-corrected chi connectivity index (χ1v) is 7.86. The fourth-order valence-corrected chi connectivity index (χ4v) is 1.92. The Balaban J connectivity index is 2.33. The highest BCUT2D eigenvalue weighted by molar-refractivity contribution is 5.56. The zero-order valence-corrected chi connectivity index (χ0v) is 14.2. The molecule has 23 heavy (non-hydrogen) atoms. The molecule has 0 heterocycles. The molecule has 2 nitrogen and oxygen atoms in total. The van der Waals surface area contributed by atoms with E-state index in [2.05, 4.69) is 25.4 Å². The lowest BCUT2D eigenvalue weighted by atomic mass is 10.1. The van der Waals surface area contributed by atoms with E-state index in [0.717, 1.165) is 36.1 Å². The summed E-state index contributed by atoms with van der Waals surface area (Å²) in [7, 11) is 0. The van der Waals surface area contributed by atoms with Gasteiger partial charge in [0.05, 0.1) is 0 Å². The lowest BCUT2D eigenvalue weighted by molar-refractivity contribution is 0.471. The summed E-state index contributed by atoms with van der Waals surface area (Å²) in [6.07, 6.45) is 13.9. The van der Waals surface area contributed by atoms with Crippen molar-refractivity contribution in [2.75, 3.05) is 6.54 Å². The number of aryl methyl sites for hydroxylation is 1. The van der Waals surface area contributed by atoms with Gasteiger partial charge in [-0.2, -0.15) is 0 Å². The molecule has 0 aliphatic heterocycles. The zero-order valence-electron chi connectivity index (χ0n) is 14.2. The van der Waals surface area contributed by atoms with Crippen LogP contribution in [-0.2, 0) is 0 Å². The molecule has 0 saturated heterocycles. The molecule has 0 aromatic heterocycles. The quantitative estimate of drug-likeness (QED) is 0.369. The lowest BCUT2D eigenvalue weighted by Crippen LogP contribution is -2.06. The van der Waals surface area contributed by atoms with Crippen LogP contribution in [0.4, 0.5) is 0 Å². The van der Waals surface area contributed by atoms with Gasteiger partial charge in [0, 0.05) is 6.54 Å². The Morgan fingerprint density at radius 2 is 2.00 bits per heavy atom. The molecule has 0 aliphatic carbocycles. The number of nitrogens with one attached hydrogen (secondary N) is 1. The van der Waals surface area contributed by atoms with Gasteiger partial charge in [-0.15, -0.1) is 6.58 Å². The van der Waals surface area contributed by atoms with Crippen LogP contribution in [0, 0.1) is 6.92 Å². The minimum Gasteiger partial charge on any atom is -0.508 e. The number of benzene rings is 1. The molecule has 0 aliphatic rings. The van der Waals surface area contributed by atoms with Crippen LogP contribution in [0.5, 0.6) is 5.75 Å². The number of hydrogen-bond acceptors (Lipinski definition) is 2. The molecule has 122 valence electrons. The van der Waals surface area contributed by atoms with Crippen LogP contribution in [0.15, 0.2) is 73.0 Å². The Labute approximate surface area is 140 Å². The molecule has 2 heteroatoms. The minimum atomic E-state index is 0.321. The molecule has 0 spiro atoms. The summed E-state index contributed by atoms with van der Waals surface area (Å²) < 4.78 is 0. The zero-order chi connectivity index (χ0) is 17.1. The molecule has 0 unspecified atom stereocenters. The van der Waals surface area contributed by atoms with Gasteiger partial charge in [0.25, 0.3) is 0 Å². The van der Waals surface area contributed by atoms with Crippen molar-refractivity contribution in [3.63, 3.8) is 0 Å². The number of phenols is 1. The second kappa shape index (κ2) is 10.3. The highest BCUT2D eigenvalue weighted by Crippen LogP contribution is 2.18. The van der Waals surface area contributed by atoms with E-state index in [1.165, 1.54) is 5.57 Å². The molecular formula is C21H27NO. The lowest BCUT2D eigenvalue weighted by Gasteiger charge is -2.00. The van der Waals surface area contributed by atoms with Crippen molar-refractivity contribution >= 4 is 6.08 Å². The summed E-state index contributed by atoms with van der Waals surface area (Å²) in [5.41, 5.74) is 4.06. The number of rotatable bonds is 9. The second-order valence-electron chi connectivity index (χ2n) is 5.69. The van der Waals surface area contributed by atoms with Gasteiger partial charge in [0.2, 0.25) is 0 Å². The first kappa shape index (κ1) is 18.6. The predicted octanol–water partition coefficient (Wildman–Crippen LogP) is 5.29. The number of hydrogen-bond donors (Lipinski definition) is 2. The van der Waals surface area contributed by atoms with Crippen LogP contribution in [0.3, 0.4) is 0 Å². The van der Waals surface area contributed by atoms with Gasteiger partial charge in [-0.1, -0.05) is 42.5 Å². The van der Waals surface area contributed by atoms with Gasteiger partial charge in [0.1, 0.15) is 5.75 Å². The number of allylic oxidation sites excluding steroid dienone is 6. The van der Waals surface area contributed by atoms with Gasteiger partial charge < -0.3 is 10.4 Å². The summed E-state index contributed by atoms with van der Waals surface area (Å²) in [4.78, 5) is 0. The third kappa shape index (κ3) is 8.52. The Morgan fingerprint density at radius 1 is 1.22 bits per heavy atom. The van der Waals surface area contributed by atoms with Gasteiger partial charge in [-0.3, -0.25) is 0 Å². The van der Waals surface area contributed by atoms with E-state index in [4.69, 9.17) is 0 Å². The molecule has 2 N–H and O–H groups in total. The minimum absolute atomic E-state index is 0.321. The fourth-order valence-electron chi connectivity index (χ4n) is 1.92. The maximum atomic E-state index is 9.50. The number of phenolic OH excluding ortho intramolecular Hbond substituents is 1. The van der Waals surface area contributed by atoms with E-state index < -0.39 is 0 Å². The van der Waals surface area contributed by atoms with Gasteiger partial charge in [0.15, 0.2) is 0 Å². The largest absolute Gasteiger partial charge is 0.508 e. The third-order valence-electron chi connectivity index (χ3n) is 3.27. The SMILES string of the molecule is C=C(/C=C\C=C/NCCCC(=C)C)/C=C/c1ccc(O)c(C)c1. The van der Waals surface area contributed by atoms with E-state index in [1.807, 2.05) is 55.6 Å². The first-order valence-electron chi connectivity index (χ1n) is 7.86. The summed E-state index contributed by atoms with van der Waals surface area (Å²) in [5.74, 6) is 0.321. The van der Waals surface area contributed by atoms with Crippen molar-refractivity contribution < 1.29 is 5.11 Å². The van der Waals surface area contributed by atoms with Crippen LogP contribution in [-0.4, -0.2) is 11.7 Å². The topological polar surface area (TPSA) is 32.3 Å². The van der Waals surface area contributed by atoms with Crippen molar-refractivity contribution in [3.8, 4) is 5.75 Å². The van der Waals surface area contributed by atoms with Crippen molar-refractivity contribution in [3.05, 3.63) is 84.1 Å². The van der Waals surface area contributed by atoms with Gasteiger partial charge in [-0.25, -0.2) is 0 Å². The Morgan fingerprint density at radius 3 is 2.70 bits per heavy atom. The van der Waals surface area contributed by atoms with E-state index in [-0.39, 0.29) is 0 Å². The summed E-state index contributed by atoms with van der Waals surface area (Å²) in [5, 5.41) is 12.7. The van der Waals surface area contributed by atoms with E-state index in [0.29, 0.717) is 5.75 Å². The monoisotopic (exact) mass is 309 g/mol. The molecule has 0 saturated carbocycles. The van der Waals surface area contributed by atoms with E-state index in [1.54, 1.807) is 6.07 Å². The van der Waals surface area contributed by atoms with Crippen molar-refractivity contribution in [2.24, 2.45) is 0 Å². The normalized spacial score (nSPS) is 11.6. The summed E-state index contributed by atoms with van der Waals surface area (Å²) >= 11 is 0. The second-order valence-corrected chi connectivity index (χ2v) is 5.69. The van der Waals surface area contributed by atoms with Crippen molar-refractivity contribution in [1.82, 2.24) is 5.32 Å². The molecule has 1 rings (SSSR count). The standard InChI is InChI=1S/C21H27NO/c1-17(2)8-7-15-22-14-6-5-9-18(3)10-11-20-12-13-21(23)19(4)16-20/h5-6,9-14,16,22-23H,1,3,7-8,15H2,2,4H3/b9-5-,11-10+,14-6-. The smallest absolute Gasteiger partial charge is 0.118 e. The van der Waals surface area contributed by atoms with E-state index >= 15 is 0 Å². The predicted molar refractivity (Wildman–Crippen MR) is 101 cm³/mol. The first-order chi connectivity index (χ1) is 11.0. The molecule has 1 aromatic carbocycles. The molecule has 0 atom stereocenters. The molecule has 0 fully saturated rings. The van der Waals surface area contributed by atoms with Crippen molar-refractivity contribution in [2.45, 2.75) is 26.7 Å². The molecule has 1 aromatic rings. The maximum Gasteiger partial charge on any atom is 0.118 e. The van der Waals surface area contributed by atoms with E-state index in [9.17, 15) is 5.11 Å². The van der Waals surface area contributed by atoms with Crippen LogP contribution < -0.4 is 5.32 Å². The molecular weight excluding hydrogens is 282 g/mol. The third-order valence-corrected chi connectivity index (χ3v) is 3.27. The molecule has 0 bridgehead atoms. The van der Waals surface area contributed by atoms with Crippen LogP contribution in [0.2, 0.25) is 0 Å². The van der Waals surface area contributed by atoms with Crippen LogP contribution >= 0.6 is 0 Å². The Bertz CT molecular complexity index is 621. The maximum absolute atomic E-state index is 9.50.